The minimum atomic E-state index is -0.269. The average molecular weight is 227 g/mol. The van der Waals surface area contributed by atoms with Gasteiger partial charge >= 0.3 is 5.97 Å². The summed E-state index contributed by atoms with van der Waals surface area (Å²) in [5, 5.41) is 2.87. The predicted molar refractivity (Wildman–Crippen MR) is 60.8 cm³/mol. The molecule has 0 bridgehead atoms. The van der Waals surface area contributed by atoms with E-state index in [-0.39, 0.29) is 24.0 Å². The van der Waals surface area contributed by atoms with E-state index < -0.39 is 0 Å². The zero-order chi connectivity index (χ0) is 12.1. The van der Waals surface area contributed by atoms with Gasteiger partial charge in [-0.15, -0.1) is 0 Å². The Morgan fingerprint density at radius 2 is 2.25 bits per heavy atom. The van der Waals surface area contributed by atoms with Crippen LogP contribution in [0.15, 0.2) is 0 Å². The van der Waals surface area contributed by atoms with Gasteiger partial charge in [-0.3, -0.25) is 9.59 Å². The Morgan fingerprint density at radius 1 is 1.56 bits per heavy atom. The lowest BCUT2D eigenvalue weighted by molar-refractivity contribution is -0.149. The van der Waals surface area contributed by atoms with E-state index in [0.29, 0.717) is 18.8 Å². The Bertz CT molecular complexity index is 263. The van der Waals surface area contributed by atoms with Crippen molar-refractivity contribution in [2.45, 2.75) is 58.6 Å². The van der Waals surface area contributed by atoms with Crippen molar-refractivity contribution in [2.24, 2.45) is 5.92 Å². The Hall–Kier alpha value is -1.06. The third-order valence-corrected chi connectivity index (χ3v) is 2.64. The number of rotatable bonds is 5. The quantitative estimate of drug-likeness (QED) is 0.726. The lowest BCUT2D eigenvalue weighted by Gasteiger charge is -2.20. The van der Waals surface area contributed by atoms with Gasteiger partial charge in [-0.1, -0.05) is 20.8 Å². The van der Waals surface area contributed by atoms with Crippen molar-refractivity contribution in [3.8, 4) is 0 Å². The molecule has 1 amide bonds. The fourth-order valence-electron chi connectivity index (χ4n) is 1.96. The van der Waals surface area contributed by atoms with E-state index in [0.717, 1.165) is 12.8 Å². The third-order valence-electron chi connectivity index (χ3n) is 2.64. The van der Waals surface area contributed by atoms with Gasteiger partial charge in [0, 0.05) is 6.42 Å². The zero-order valence-corrected chi connectivity index (χ0v) is 10.3. The van der Waals surface area contributed by atoms with Crippen molar-refractivity contribution < 1.29 is 14.3 Å². The van der Waals surface area contributed by atoms with E-state index in [1.165, 1.54) is 0 Å². The van der Waals surface area contributed by atoms with Crippen molar-refractivity contribution in [1.29, 1.82) is 0 Å². The van der Waals surface area contributed by atoms with E-state index in [1.54, 1.807) is 0 Å². The topological polar surface area (TPSA) is 55.4 Å². The van der Waals surface area contributed by atoms with Crippen LogP contribution < -0.4 is 5.32 Å². The molecule has 0 saturated carbocycles. The van der Waals surface area contributed by atoms with E-state index in [4.69, 9.17) is 4.74 Å². The lowest BCUT2D eigenvalue weighted by Crippen LogP contribution is -2.35. The second-order valence-electron chi connectivity index (χ2n) is 4.79. The van der Waals surface area contributed by atoms with E-state index in [9.17, 15) is 9.59 Å². The molecule has 2 unspecified atom stereocenters. The average Bonchev–Trinajstić information content (AvgIpc) is 2.45. The van der Waals surface area contributed by atoms with Crippen LogP contribution in [0.4, 0.5) is 0 Å². The number of hydrogen-bond acceptors (Lipinski definition) is 3. The normalized spacial score (nSPS) is 24.6. The van der Waals surface area contributed by atoms with Gasteiger partial charge in [0.1, 0.15) is 6.10 Å². The van der Waals surface area contributed by atoms with Gasteiger partial charge < -0.3 is 10.1 Å². The van der Waals surface area contributed by atoms with Crippen LogP contribution in [0.1, 0.15) is 46.5 Å². The molecule has 1 aliphatic heterocycles. The summed E-state index contributed by atoms with van der Waals surface area (Å²) in [6.45, 7) is 6.12. The maximum absolute atomic E-state index is 11.4. The van der Waals surface area contributed by atoms with Crippen molar-refractivity contribution in [1.82, 2.24) is 5.32 Å². The van der Waals surface area contributed by atoms with Crippen LogP contribution in [0.2, 0.25) is 0 Å². The van der Waals surface area contributed by atoms with E-state index >= 15 is 0 Å². The first-order valence-corrected chi connectivity index (χ1v) is 6.01. The minimum Gasteiger partial charge on any atom is -0.460 e. The Balaban J connectivity index is 2.49. The maximum atomic E-state index is 11.4. The summed E-state index contributed by atoms with van der Waals surface area (Å²) < 4.78 is 5.31. The first-order chi connectivity index (χ1) is 7.52. The molecular formula is C12H21NO3. The molecule has 0 spiro atoms. The standard InChI is InChI=1S/C12H21NO3/c1-4-5-12(15)16-10-7-11(14)13-9(10)6-8(2)3/h8-10H,4-7H2,1-3H3,(H,13,14). The second-order valence-corrected chi connectivity index (χ2v) is 4.79. The Morgan fingerprint density at radius 3 is 2.81 bits per heavy atom. The van der Waals surface area contributed by atoms with Gasteiger partial charge in [0.15, 0.2) is 0 Å². The third kappa shape index (κ3) is 3.83. The van der Waals surface area contributed by atoms with E-state index in [1.807, 2.05) is 6.92 Å². The molecule has 0 aromatic heterocycles. The smallest absolute Gasteiger partial charge is 0.306 e. The summed E-state index contributed by atoms with van der Waals surface area (Å²) in [5.74, 6) is 0.272. The fourth-order valence-corrected chi connectivity index (χ4v) is 1.96. The van der Waals surface area contributed by atoms with Crippen molar-refractivity contribution in [2.75, 3.05) is 0 Å². The SMILES string of the molecule is CCCC(=O)OC1CC(=O)NC1CC(C)C. The molecule has 4 nitrogen and oxygen atoms in total. The highest BCUT2D eigenvalue weighted by atomic mass is 16.5. The molecule has 1 saturated heterocycles. The van der Waals surface area contributed by atoms with Gasteiger partial charge in [0.25, 0.3) is 0 Å². The molecule has 0 aliphatic carbocycles. The molecule has 0 aromatic rings. The molecule has 2 atom stereocenters. The summed E-state index contributed by atoms with van der Waals surface area (Å²) in [6, 6.07) is -0.00620. The van der Waals surface area contributed by atoms with Crippen LogP contribution in [0, 0.1) is 5.92 Å². The van der Waals surface area contributed by atoms with Crippen molar-refractivity contribution >= 4 is 11.9 Å². The summed E-state index contributed by atoms with van der Waals surface area (Å²) in [7, 11) is 0. The van der Waals surface area contributed by atoms with Crippen LogP contribution in [0.3, 0.4) is 0 Å². The van der Waals surface area contributed by atoms with Crippen molar-refractivity contribution in [3.05, 3.63) is 0 Å². The molecule has 1 aliphatic rings. The molecule has 1 heterocycles. The molecule has 4 heteroatoms. The molecule has 1 N–H and O–H groups in total. The number of esters is 1. The summed E-state index contributed by atoms with van der Waals surface area (Å²) in [5.41, 5.74) is 0. The Labute approximate surface area is 96.7 Å². The van der Waals surface area contributed by atoms with Crippen LogP contribution in [-0.4, -0.2) is 24.0 Å². The number of ether oxygens (including phenoxy) is 1. The van der Waals surface area contributed by atoms with Gasteiger partial charge in [0.05, 0.1) is 12.5 Å². The molecule has 0 aromatic carbocycles. The fraction of sp³-hybridized carbons (Fsp3) is 0.833. The van der Waals surface area contributed by atoms with Crippen LogP contribution in [-0.2, 0) is 14.3 Å². The molecule has 16 heavy (non-hydrogen) atoms. The predicted octanol–water partition coefficient (Wildman–Crippen LogP) is 1.63. The Kier molecular flexibility index (Phi) is 4.77. The van der Waals surface area contributed by atoms with Gasteiger partial charge in [-0.2, -0.15) is 0 Å². The van der Waals surface area contributed by atoms with Crippen LogP contribution in [0.5, 0.6) is 0 Å². The van der Waals surface area contributed by atoms with Crippen LogP contribution >= 0.6 is 0 Å². The minimum absolute atomic E-state index is 0.00620. The first-order valence-electron chi connectivity index (χ1n) is 6.01. The van der Waals surface area contributed by atoms with Crippen molar-refractivity contribution in [3.63, 3.8) is 0 Å². The molecular weight excluding hydrogens is 206 g/mol. The highest BCUT2D eigenvalue weighted by Gasteiger charge is 2.35. The van der Waals surface area contributed by atoms with Crippen LogP contribution in [0.25, 0.3) is 0 Å². The van der Waals surface area contributed by atoms with E-state index in [2.05, 4.69) is 19.2 Å². The zero-order valence-electron chi connectivity index (χ0n) is 10.3. The number of nitrogens with one attached hydrogen (secondary N) is 1. The number of amides is 1. The highest BCUT2D eigenvalue weighted by Crippen LogP contribution is 2.19. The summed E-state index contributed by atoms with van der Waals surface area (Å²) >= 11 is 0. The number of hydrogen-bond donors (Lipinski definition) is 1. The molecule has 1 fully saturated rings. The monoisotopic (exact) mass is 227 g/mol. The molecule has 0 radical (unpaired) electrons. The molecule has 92 valence electrons. The lowest BCUT2D eigenvalue weighted by atomic mass is 10.0. The highest BCUT2D eigenvalue weighted by molar-refractivity contribution is 5.80. The van der Waals surface area contributed by atoms with Gasteiger partial charge in [-0.05, 0) is 18.8 Å². The summed E-state index contributed by atoms with van der Waals surface area (Å²) in [6.07, 6.45) is 2.11. The summed E-state index contributed by atoms with van der Waals surface area (Å²) in [4.78, 5) is 22.7. The maximum Gasteiger partial charge on any atom is 0.306 e. The second kappa shape index (κ2) is 5.87. The van der Waals surface area contributed by atoms with Gasteiger partial charge in [-0.25, -0.2) is 0 Å². The number of carbonyl (C=O) groups excluding carboxylic acids is 2. The molecule has 1 rings (SSSR count). The van der Waals surface area contributed by atoms with Gasteiger partial charge in [0.2, 0.25) is 5.91 Å². The largest absolute Gasteiger partial charge is 0.460 e. The first kappa shape index (κ1) is 13.0. The number of carbonyl (C=O) groups is 2.